The van der Waals surface area contributed by atoms with Crippen molar-refractivity contribution in [3.63, 3.8) is 0 Å². The number of rotatable bonds is 4. The van der Waals surface area contributed by atoms with Crippen molar-refractivity contribution in [2.45, 2.75) is 63.8 Å². The summed E-state index contributed by atoms with van der Waals surface area (Å²) in [5.74, 6) is 0.940. The van der Waals surface area contributed by atoms with Gasteiger partial charge in [0.15, 0.2) is 0 Å². The van der Waals surface area contributed by atoms with E-state index < -0.39 is 0 Å². The van der Waals surface area contributed by atoms with Crippen molar-refractivity contribution in [3.8, 4) is 0 Å². The summed E-state index contributed by atoms with van der Waals surface area (Å²) in [5.41, 5.74) is 2.50. The van der Waals surface area contributed by atoms with E-state index in [0.717, 1.165) is 24.6 Å². The van der Waals surface area contributed by atoms with E-state index in [1.165, 1.54) is 56.9 Å². The van der Waals surface area contributed by atoms with Gasteiger partial charge in [-0.25, -0.2) is 0 Å². The fourth-order valence-electron chi connectivity index (χ4n) is 3.85. The molecule has 110 valence electrons. The van der Waals surface area contributed by atoms with Crippen molar-refractivity contribution < 1.29 is 0 Å². The highest BCUT2D eigenvalue weighted by molar-refractivity contribution is 5.26. The molecule has 1 aromatic rings. The highest BCUT2D eigenvalue weighted by atomic mass is 16.1. The summed E-state index contributed by atoms with van der Waals surface area (Å²) in [5, 5.41) is 3.72. The zero-order chi connectivity index (χ0) is 13.8. The highest BCUT2D eigenvalue weighted by Crippen LogP contribution is 2.29. The van der Waals surface area contributed by atoms with Crippen molar-refractivity contribution in [2.24, 2.45) is 5.92 Å². The smallest absolute Gasteiger partial charge is 0.248 e. The lowest BCUT2D eigenvalue weighted by atomic mass is 9.86. The first-order valence-electron chi connectivity index (χ1n) is 8.28. The zero-order valence-electron chi connectivity index (χ0n) is 12.3. The van der Waals surface area contributed by atoms with Gasteiger partial charge < -0.3 is 10.3 Å². The van der Waals surface area contributed by atoms with E-state index in [-0.39, 0.29) is 5.56 Å². The molecular weight excluding hydrogens is 248 g/mol. The SMILES string of the molecule is O=c1ccc2c([nH]1)CCCC2NCCC1CCCCC1. The number of aromatic amines is 1. The summed E-state index contributed by atoms with van der Waals surface area (Å²) >= 11 is 0. The number of aromatic nitrogens is 1. The minimum atomic E-state index is 0.0339. The average molecular weight is 274 g/mol. The lowest BCUT2D eigenvalue weighted by Crippen LogP contribution is -2.29. The van der Waals surface area contributed by atoms with Crippen LogP contribution in [0.1, 0.15) is 68.7 Å². The molecule has 0 spiro atoms. The lowest BCUT2D eigenvalue weighted by molar-refractivity contribution is 0.323. The van der Waals surface area contributed by atoms with Crippen LogP contribution in [0.5, 0.6) is 0 Å². The maximum atomic E-state index is 11.4. The minimum absolute atomic E-state index is 0.0339. The minimum Gasteiger partial charge on any atom is -0.326 e. The van der Waals surface area contributed by atoms with E-state index in [1.807, 2.05) is 6.07 Å². The van der Waals surface area contributed by atoms with Crippen LogP contribution in [-0.4, -0.2) is 11.5 Å². The molecule has 1 heterocycles. The van der Waals surface area contributed by atoms with E-state index in [0.29, 0.717) is 6.04 Å². The number of hydrogen-bond acceptors (Lipinski definition) is 2. The van der Waals surface area contributed by atoms with Gasteiger partial charge in [0, 0.05) is 17.8 Å². The number of nitrogens with one attached hydrogen (secondary N) is 2. The Labute approximate surface area is 121 Å². The molecular formula is C17H26N2O. The van der Waals surface area contributed by atoms with Gasteiger partial charge in [0.1, 0.15) is 0 Å². The first-order chi connectivity index (χ1) is 9.83. The highest BCUT2D eigenvalue weighted by Gasteiger charge is 2.21. The van der Waals surface area contributed by atoms with Gasteiger partial charge in [-0.05, 0) is 43.7 Å². The van der Waals surface area contributed by atoms with Gasteiger partial charge in [-0.15, -0.1) is 0 Å². The predicted octanol–water partition coefficient (Wildman–Crippen LogP) is 3.31. The fraction of sp³-hybridized carbons (Fsp3) is 0.706. The van der Waals surface area contributed by atoms with E-state index in [9.17, 15) is 4.79 Å². The second-order valence-corrected chi connectivity index (χ2v) is 6.45. The van der Waals surface area contributed by atoms with Crippen molar-refractivity contribution in [2.75, 3.05) is 6.54 Å². The summed E-state index contributed by atoms with van der Waals surface area (Å²) in [7, 11) is 0. The van der Waals surface area contributed by atoms with Crippen LogP contribution in [0.2, 0.25) is 0 Å². The quantitative estimate of drug-likeness (QED) is 0.884. The predicted molar refractivity (Wildman–Crippen MR) is 81.9 cm³/mol. The Morgan fingerprint density at radius 1 is 1.10 bits per heavy atom. The van der Waals surface area contributed by atoms with Crippen LogP contribution in [0.15, 0.2) is 16.9 Å². The molecule has 0 bridgehead atoms. The lowest BCUT2D eigenvalue weighted by Gasteiger charge is -2.27. The molecule has 0 aliphatic heterocycles. The van der Waals surface area contributed by atoms with Gasteiger partial charge in [0.05, 0.1) is 0 Å². The molecule has 3 nitrogen and oxygen atoms in total. The van der Waals surface area contributed by atoms with E-state index in [4.69, 9.17) is 0 Å². The molecule has 1 aromatic heterocycles. The molecule has 2 N–H and O–H groups in total. The summed E-state index contributed by atoms with van der Waals surface area (Å²) in [4.78, 5) is 14.4. The normalized spacial score (nSPS) is 23.5. The van der Waals surface area contributed by atoms with Crippen LogP contribution >= 0.6 is 0 Å². The van der Waals surface area contributed by atoms with Gasteiger partial charge in [0.25, 0.3) is 0 Å². The maximum Gasteiger partial charge on any atom is 0.248 e. The van der Waals surface area contributed by atoms with Crippen molar-refractivity contribution in [3.05, 3.63) is 33.7 Å². The Bertz CT molecular complexity index is 488. The Morgan fingerprint density at radius 2 is 1.95 bits per heavy atom. The standard InChI is InChI=1S/C17H26N2O/c20-17-10-9-14-15(7-4-8-16(14)19-17)18-12-11-13-5-2-1-3-6-13/h9-10,13,15,18H,1-8,11-12H2,(H,19,20). The summed E-state index contributed by atoms with van der Waals surface area (Å²) in [6.45, 7) is 1.12. The number of H-pyrrole nitrogens is 1. The molecule has 0 radical (unpaired) electrons. The third-order valence-corrected chi connectivity index (χ3v) is 5.00. The molecule has 1 saturated carbocycles. The third-order valence-electron chi connectivity index (χ3n) is 5.00. The molecule has 0 saturated heterocycles. The second kappa shape index (κ2) is 6.57. The summed E-state index contributed by atoms with van der Waals surface area (Å²) < 4.78 is 0. The van der Waals surface area contributed by atoms with E-state index >= 15 is 0 Å². The fourth-order valence-corrected chi connectivity index (χ4v) is 3.85. The Balaban J connectivity index is 1.55. The molecule has 3 heteroatoms. The van der Waals surface area contributed by atoms with Gasteiger partial charge in [-0.2, -0.15) is 0 Å². The van der Waals surface area contributed by atoms with Gasteiger partial charge in [-0.3, -0.25) is 4.79 Å². The van der Waals surface area contributed by atoms with E-state index in [1.54, 1.807) is 6.07 Å². The summed E-state index contributed by atoms with van der Waals surface area (Å²) in [6, 6.07) is 4.13. The average Bonchev–Trinajstić information content (AvgIpc) is 2.48. The van der Waals surface area contributed by atoms with Crippen molar-refractivity contribution in [1.29, 1.82) is 0 Å². The molecule has 0 aromatic carbocycles. The molecule has 2 aliphatic rings. The molecule has 2 aliphatic carbocycles. The first-order valence-corrected chi connectivity index (χ1v) is 8.28. The molecule has 20 heavy (non-hydrogen) atoms. The zero-order valence-corrected chi connectivity index (χ0v) is 12.3. The molecule has 1 fully saturated rings. The topological polar surface area (TPSA) is 44.9 Å². The van der Waals surface area contributed by atoms with E-state index in [2.05, 4.69) is 10.3 Å². The van der Waals surface area contributed by atoms with Crippen molar-refractivity contribution in [1.82, 2.24) is 10.3 Å². The third kappa shape index (κ3) is 3.32. The van der Waals surface area contributed by atoms with Crippen LogP contribution in [0.4, 0.5) is 0 Å². The Morgan fingerprint density at radius 3 is 2.80 bits per heavy atom. The van der Waals surface area contributed by atoms with Crippen LogP contribution in [0.25, 0.3) is 0 Å². The Kier molecular flexibility index (Phi) is 4.56. The molecule has 0 amide bonds. The largest absolute Gasteiger partial charge is 0.326 e. The van der Waals surface area contributed by atoms with Crippen LogP contribution in [0.3, 0.4) is 0 Å². The second-order valence-electron chi connectivity index (χ2n) is 6.45. The number of aryl methyl sites for hydroxylation is 1. The first kappa shape index (κ1) is 13.9. The Hall–Kier alpha value is -1.09. The van der Waals surface area contributed by atoms with Crippen molar-refractivity contribution >= 4 is 0 Å². The van der Waals surface area contributed by atoms with Crippen LogP contribution in [-0.2, 0) is 6.42 Å². The molecule has 1 atom stereocenters. The van der Waals surface area contributed by atoms with Gasteiger partial charge in [0.2, 0.25) is 5.56 Å². The van der Waals surface area contributed by atoms with Gasteiger partial charge in [-0.1, -0.05) is 38.2 Å². The summed E-state index contributed by atoms with van der Waals surface area (Å²) in [6.07, 6.45) is 11.9. The van der Waals surface area contributed by atoms with Crippen LogP contribution < -0.4 is 10.9 Å². The number of pyridine rings is 1. The monoisotopic (exact) mass is 274 g/mol. The van der Waals surface area contributed by atoms with Gasteiger partial charge >= 0.3 is 0 Å². The molecule has 3 rings (SSSR count). The number of fused-ring (bicyclic) bond motifs is 1. The molecule has 1 unspecified atom stereocenters. The van der Waals surface area contributed by atoms with Crippen LogP contribution in [0, 0.1) is 5.92 Å². The number of hydrogen-bond donors (Lipinski definition) is 2. The maximum absolute atomic E-state index is 11.4.